The van der Waals surface area contributed by atoms with Crippen LogP contribution in [0, 0.1) is 5.92 Å². The van der Waals surface area contributed by atoms with Crippen LogP contribution in [0.5, 0.6) is 5.75 Å². The summed E-state index contributed by atoms with van der Waals surface area (Å²) < 4.78 is 5.16. The lowest BCUT2D eigenvalue weighted by atomic mass is 10.2. The summed E-state index contributed by atoms with van der Waals surface area (Å²) in [6, 6.07) is 7.45. The van der Waals surface area contributed by atoms with Gasteiger partial charge in [0.1, 0.15) is 5.75 Å². The molecule has 0 bridgehead atoms. The lowest BCUT2D eigenvalue weighted by molar-refractivity contribution is 0.0948. The van der Waals surface area contributed by atoms with Gasteiger partial charge >= 0.3 is 0 Å². The van der Waals surface area contributed by atoms with Gasteiger partial charge in [0.2, 0.25) is 5.95 Å². The van der Waals surface area contributed by atoms with Crippen LogP contribution in [0.2, 0.25) is 0 Å². The Morgan fingerprint density at radius 1 is 1.27 bits per heavy atom. The van der Waals surface area contributed by atoms with Gasteiger partial charge in [0.15, 0.2) is 0 Å². The number of nitrogens with one attached hydrogen (secondary N) is 2. The fourth-order valence-electron chi connectivity index (χ4n) is 1.74. The number of hydrogen-bond acceptors (Lipinski definition) is 5. The number of carbonyl (C=O) groups is 1. The summed E-state index contributed by atoms with van der Waals surface area (Å²) in [4.78, 5) is 20.2. The van der Waals surface area contributed by atoms with Gasteiger partial charge in [0, 0.05) is 30.7 Å². The van der Waals surface area contributed by atoms with Crippen LogP contribution in [0.15, 0.2) is 36.7 Å². The smallest absolute Gasteiger partial charge is 0.254 e. The summed E-state index contributed by atoms with van der Waals surface area (Å²) in [7, 11) is 1.61. The fourth-order valence-corrected chi connectivity index (χ4v) is 1.74. The molecule has 0 fully saturated rings. The van der Waals surface area contributed by atoms with Gasteiger partial charge < -0.3 is 15.4 Å². The monoisotopic (exact) mass is 300 g/mol. The van der Waals surface area contributed by atoms with E-state index in [-0.39, 0.29) is 5.91 Å². The number of methoxy groups -OCH3 is 1. The van der Waals surface area contributed by atoms with Gasteiger partial charge in [0.25, 0.3) is 5.91 Å². The van der Waals surface area contributed by atoms with Crippen molar-refractivity contribution in [3.05, 3.63) is 42.2 Å². The van der Waals surface area contributed by atoms with Crippen molar-refractivity contribution in [3.63, 3.8) is 0 Å². The summed E-state index contributed by atoms with van der Waals surface area (Å²) >= 11 is 0. The van der Waals surface area contributed by atoms with Crippen molar-refractivity contribution in [1.82, 2.24) is 15.3 Å². The second kappa shape index (κ2) is 7.40. The first-order valence-corrected chi connectivity index (χ1v) is 7.10. The number of carbonyl (C=O) groups excluding carboxylic acids is 1. The number of benzene rings is 1. The molecular formula is C16H20N4O2. The van der Waals surface area contributed by atoms with Gasteiger partial charge in [-0.05, 0) is 18.1 Å². The molecule has 2 rings (SSSR count). The molecule has 0 spiro atoms. The summed E-state index contributed by atoms with van der Waals surface area (Å²) in [5, 5.41) is 5.89. The first-order chi connectivity index (χ1) is 10.6. The van der Waals surface area contributed by atoms with E-state index in [1.165, 1.54) is 12.4 Å². The highest BCUT2D eigenvalue weighted by Crippen LogP contribution is 2.19. The minimum Gasteiger partial charge on any atom is -0.497 e. The van der Waals surface area contributed by atoms with Gasteiger partial charge in [-0.15, -0.1) is 0 Å². The first-order valence-electron chi connectivity index (χ1n) is 7.10. The molecule has 1 heterocycles. The first kappa shape index (κ1) is 15.8. The van der Waals surface area contributed by atoms with Gasteiger partial charge in [-0.3, -0.25) is 4.79 Å². The number of nitrogens with zero attached hydrogens (tertiary/aromatic N) is 2. The lowest BCUT2D eigenvalue weighted by Gasteiger charge is -2.08. The Bertz CT molecular complexity index is 626. The van der Waals surface area contributed by atoms with Crippen molar-refractivity contribution < 1.29 is 9.53 Å². The zero-order chi connectivity index (χ0) is 15.9. The minimum absolute atomic E-state index is 0.165. The average Bonchev–Trinajstić information content (AvgIpc) is 2.53. The third-order valence-electron chi connectivity index (χ3n) is 2.91. The highest BCUT2D eigenvalue weighted by atomic mass is 16.5. The van der Waals surface area contributed by atoms with Crippen LogP contribution in [0.25, 0.3) is 0 Å². The van der Waals surface area contributed by atoms with E-state index in [1.54, 1.807) is 7.11 Å². The van der Waals surface area contributed by atoms with Gasteiger partial charge in [-0.2, -0.15) is 0 Å². The second-order valence-corrected chi connectivity index (χ2v) is 5.26. The van der Waals surface area contributed by atoms with Crippen molar-refractivity contribution in [1.29, 1.82) is 0 Å². The summed E-state index contributed by atoms with van der Waals surface area (Å²) in [6.07, 6.45) is 3.01. The molecule has 0 saturated carbocycles. The van der Waals surface area contributed by atoms with Crippen molar-refractivity contribution in [2.45, 2.75) is 13.8 Å². The van der Waals surface area contributed by atoms with Gasteiger partial charge in [0.05, 0.1) is 12.7 Å². The maximum atomic E-state index is 11.9. The Morgan fingerprint density at radius 2 is 2.00 bits per heavy atom. The third kappa shape index (κ3) is 4.44. The van der Waals surface area contributed by atoms with E-state index in [0.717, 1.165) is 11.4 Å². The molecule has 1 amide bonds. The van der Waals surface area contributed by atoms with E-state index in [0.29, 0.717) is 24.0 Å². The minimum atomic E-state index is -0.165. The van der Waals surface area contributed by atoms with Crippen molar-refractivity contribution in [2.75, 3.05) is 19.0 Å². The second-order valence-electron chi connectivity index (χ2n) is 5.26. The zero-order valence-corrected chi connectivity index (χ0v) is 13.0. The molecule has 0 atom stereocenters. The van der Waals surface area contributed by atoms with Crippen LogP contribution in [0.3, 0.4) is 0 Å². The zero-order valence-electron chi connectivity index (χ0n) is 13.0. The Kier molecular flexibility index (Phi) is 5.30. The highest BCUT2D eigenvalue weighted by molar-refractivity contribution is 5.93. The Morgan fingerprint density at radius 3 is 2.64 bits per heavy atom. The molecule has 1 aromatic carbocycles. The van der Waals surface area contributed by atoms with Crippen molar-refractivity contribution in [3.8, 4) is 5.75 Å². The van der Waals surface area contributed by atoms with Gasteiger partial charge in [-0.1, -0.05) is 19.9 Å². The van der Waals surface area contributed by atoms with Crippen molar-refractivity contribution >= 4 is 17.5 Å². The Labute approximate surface area is 129 Å². The number of rotatable bonds is 6. The highest BCUT2D eigenvalue weighted by Gasteiger charge is 2.07. The van der Waals surface area contributed by atoms with Crippen LogP contribution in [0.1, 0.15) is 24.2 Å². The Balaban J connectivity index is 2.00. The molecule has 0 saturated heterocycles. The standard InChI is InChI=1S/C16H20N4O2/c1-11(2)8-17-15(21)12-9-18-16(19-10-12)20-13-5-4-6-14(7-13)22-3/h4-7,9-11H,8H2,1-3H3,(H,17,21)(H,18,19,20). The van der Waals surface area contributed by atoms with E-state index in [1.807, 2.05) is 38.1 Å². The van der Waals surface area contributed by atoms with E-state index in [2.05, 4.69) is 20.6 Å². The van der Waals surface area contributed by atoms with Crippen molar-refractivity contribution in [2.24, 2.45) is 5.92 Å². The normalized spacial score (nSPS) is 10.4. The molecule has 1 aromatic heterocycles. The molecule has 22 heavy (non-hydrogen) atoms. The largest absolute Gasteiger partial charge is 0.497 e. The SMILES string of the molecule is COc1cccc(Nc2ncc(C(=O)NCC(C)C)cn2)c1. The van der Waals surface area contributed by atoms with Crippen LogP contribution >= 0.6 is 0 Å². The number of aromatic nitrogens is 2. The fraction of sp³-hybridized carbons (Fsp3) is 0.312. The maximum Gasteiger partial charge on any atom is 0.254 e. The van der Waals surface area contributed by atoms with E-state index in [9.17, 15) is 4.79 Å². The van der Waals surface area contributed by atoms with E-state index < -0.39 is 0 Å². The predicted molar refractivity (Wildman–Crippen MR) is 85.5 cm³/mol. The number of amides is 1. The van der Waals surface area contributed by atoms with Crippen LogP contribution in [0.4, 0.5) is 11.6 Å². The number of hydrogen-bond donors (Lipinski definition) is 2. The molecule has 6 heteroatoms. The molecule has 0 aliphatic carbocycles. The summed E-state index contributed by atoms with van der Waals surface area (Å²) in [6.45, 7) is 4.71. The van der Waals surface area contributed by atoms with Gasteiger partial charge in [-0.25, -0.2) is 9.97 Å². The van der Waals surface area contributed by atoms with Crippen LogP contribution < -0.4 is 15.4 Å². The predicted octanol–water partition coefficient (Wildman–Crippen LogP) is 2.61. The molecular weight excluding hydrogens is 280 g/mol. The topological polar surface area (TPSA) is 76.1 Å². The quantitative estimate of drug-likeness (QED) is 0.857. The Hall–Kier alpha value is -2.63. The van der Waals surface area contributed by atoms with Crippen LogP contribution in [-0.2, 0) is 0 Å². The third-order valence-corrected chi connectivity index (χ3v) is 2.91. The molecule has 0 radical (unpaired) electrons. The molecule has 116 valence electrons. The lowest BCUT2D eigenvalue weighted by Crippen LogP contribution is -2.27. The maximum absolute atomic E-state index is 11.9. The molecule has 2 N–H and O–H groups in total. The molecule has 0 unspecified atom stereocenters. The van der Waals surface area contributed by atoms with E-state index in [4.69, 9.17) is 4.74 Å². The number of anilines is 2. The summed E-state index contributed by atoms with van der Waals surface area (Å²) in [5.74, 6) is 1.41. The molecule has 0 aliphatic heterocycles. The molecule has 0 aliphatic rings. The molecule has 2 aromatic rings. The summed E-state index contributed by atoms with van der Waals surface area (Å²) in [5.41, 5.74) is 1.26. The molecule has 6 nitrogen and oxygen atoms in total. The van der Waals surface area contributed by atoms with Crippen LogP contribution in [-0.4, -0.2) is 29.5 Å². The van der Waals surface area contributed by atoms with E-state index >= 15 is 0 Å². The number of ether oxygens (including phenoxy) is 1. The average molecular weight is 300 g/mol.